The summed E-state index contributed by atoms with van der Waals surface area (Å²) in [5, 5.41) is 2.82. The highest BCUT2D eigenvalue weighted by Gasteiger charge is 2.19. The predicted molar refractivity (Wildman–Crippen MR) is 106 cm³/mol. The molecule has 3 aromatic carbocycles. The molecular formula is C23H20FNO3. The van der Waals surface area contributed by atoms with E-state index >= 15 is 0 Å². The Kier molecular flexibility index (Phi) is 6.17. The highest BCUT2D eigenvalue weighted by atomic mass is 19.1. The maximum atomic E-state index is 12.9. The summed E-state index contributed by atoms with van der Waals surface area (Å²) in [5.41, 5.74) is 3.11. The van der Waals surface area contributed by atoms with Gasteiger partial charge in [0.1, 0.15) is 5.82 Å². The first-order valence-corrected chi connectivity index (χ1v) is 8.92. The van der Waals surface area contributed by atoms with Gasteiger partial charge in [0.25, 0.3) is 5.91 Å². The van der Waals surface area contributed by atoms with Crippen LogP contribution in [-0.4, -0.2) is 18.0 Å². The first kappa shape index (κ1) is 19.3. The summed E-state index contributed by atoms with van der Waals surface area (Å²) in [4.78, 5) is 24.5. The van der Waals surface area contributed by atoms with Crippen molar-refractivity contribution in [2.75, 3.05) is 5.32 Å². The van der Waals surface area contributed by atoms with Crippen LogP contribution >= 0.6 is 0 Å². The van der Waals surface area contributed by atoms with Gasteiger partial charge in [-0.25, -0.2) is 4.39 Å². The van der Waals surface area contributed by atoms with E-state index in [4.69, 9.17) is 4.74 Å². The Balaban J connectivity index is 1.63. The zero-order chi connectivity index (χ0) is 19.9. The zero-order valence-electron chi connectivity index (χ0n) is 15.4. The van der Waals surface area contributed by atoms with Crippen molar-refractivity contribution in [3.63, 3.8) is 0 Å². The first-order chi connectivity index (χ1) is 13.5. The Morgan fingerprint density at radius 3 is 2.29 bits per heavy atom. The van der Waals surface area contributed by atoms with Gasteiger partial charge in [0.15, 0.2) is 6.10 Å². The van der Waals surface area contributed by atoms with Gasteiger partial charge in [-0.3, -0.25) is 9.59 Å². The van der Waals surface area contributed by atoms with E-state index in [-0.39, 0.29) is 12.2 Å². The highest BCUT2D eigenvalue weighted by Crippen LogP contribution is 2.27. The van der Waals surface area contributed by atoms with Crippen LogP contribution in [0, 0.1) is 5.82 Å². The Morgan fingerprint density at radius 1 is 0.929 bits per heavy atom. The van der Waals surface area contributed by atoms with Gasteiger partial charge < -0.3 is 10.1 Å². The van der Waals surface area contributed by atoms with Gasteiger partial charge in [0, 0.05) is 11.3 Å². The lowest BCUT2D eigenvalue weighted by Crippen LogP contribution is -2.30. The van der Waals surface area contributed by atoms with E-state index in [1.165, 1.54) is 31.2 Å². The minimum atomic E-state index is -0.961. The molecule has 28 heavy (non-hydrogen) atoms. The van der Waals surface area contributed by atoms with Crippen molar-refractivity contribution >= 4 is 17.6 Å². The van der Waals surface area contributed by atoms with Crippen molar-refractivity contribution < 1.29 is 18.7 Å². The predicted octanol–water partition coefficient (Wildman–Crippen LogP) is 4.61. The molecule has 0 aliphatic rings. The molecule has 0 spiro atoms. The lowest BCUT2D eigenvalue weighted by Gasteiger charge is -2.16. The van der Waals surface area contributed by atoms with Crippen LogP contribution < -0.4 is 5.32 Å². The summed E-state index contributed by atoms with van der Waals surface area (Å²) in [6, 6.07) is 22.7. The summed E-state index contributed by atoms with van der Waals surface area (Å²) in [6.45, 7) is 1.52. The summed E-state index contributed by atoms with van der Waals surface area (Å²) in [7, 11) is 0. The molecule has 1 atom stereocenters. The fourth-order valence-electron chi connectivity index (χ4n) is 2.76. The van der Waals surface area contributed by atoms with Gasteiger partial charge in [0.05, 0.1) is 6.42 Å². The second kappa shape index (κ2) is 8.95. The Labute approximate surface area is 163 Å². The molecule has 0 bridgehead atoms. The molecule has 3 aromatic rings. The van der Waals surface area contributed by atoms with E-state index in [2.05, 4.69) is 5.32 Å². The molecule has 0 saturated heterocycles. The molecule has 0 fully saturated rings. The van der Waals surface area contributed by atoms with E-state index in [1.807, 2.05) is 48.5 Å². The van der Waals surface area contributed by atoms with Crippen molar-refractivity contribution in [2.24, 2.45) is 0 Å². The van der Waals surface area contributed by atoms with Crippen LogP contribution in [0.25, 0.3) is 11.1 Å². The molecule has 0 unspecified atom stereocenters. The lowest BCUT2D eigenvalue weighted by molar-refractivity contribution is -0.152. The average Bonchev–Trinajstić information content (AvgIpc) is 2.70. The number of hydrogen-bond donors (Lipinski definition) is 1. The Hall–Kier alpha value is -3.47. The van der Waals surface area contributed by atoms with E-state index in [1.54, 1.807) is 6.07 Å². The normalized spacial score (nSPS) is 11.5. The molecule has 0 aliphatic carbocycles. The van der Waals surface area contributed by atoms with Gasteiger partial charge in [-0.1, -0.05) is 60.7 Å². The molecule has 0 radical (unpaired) electrons. The fourth-order valence-corrected chi connectivity index (χ4v) is 2.76. The number of ether oxygens (including phenoxy) is 1. The molecule has 4 nitrogen and oxygen atoms in total. The second-order valence-electron chi connectivity index (χ2n) is 6.34. The third kappa shape index (κ3) is 5.04. The summed E-state index contributed by atoms with van der Waals surface area (Å²) in [5.74, 6) is -1.34. The number of esters is 1. The number of halogens is 1. The van der Waals surface area contributed by atoms with Crippen LogP contribution in [0.2, 0.25) is 0 Å². The summed E-state index contributed by atoms with van der Waals surface area (Å²) >= 11 is 0. The van der Waals surface area contributed by atoms with E-state index in [0.717, 1.165) is 11.1 Å². The minimum absolute atomic E-state index is 0.0293. The number of rotatable bonds is 6. The van der Waals surface area contributed by atoms with Crippen LogP contribution in [0.4, 0.5) is 10.1 Å². The number of hydrogen-bond acceptors (Lipinski definition) is 3. The van der Waals surface area contributed by atoms with E-state index in [9.17, 15) is 14.0 Å². The van der Waals surface area contributed by atoms with Crippen molar-refractivity contribution in [1.82, 2.24) is 0 Å². The average molecular weight is 377 g/mol. The van der Waals surface area contributed by atoms with Crippen molar-refractivity contribution in [3.8, 4) is 11.1 Å². The Bertz CT molecular complexity index is 955. The highest BCUT2D eigenvalue weighted by molar-refractivity contribution is 5.98. The molecule has 1 N–H and O–H groups in total. The topological polar surface area (TPSA) is 55.4 Å². The zero-order valence-corrected chi connectivity index (χ0v) is 15.4. The third-order valence-electron chi connectivity index (χ3n) is 4.21. The number of benzene rings is 3. The molecule has 5 heteroatoms. The monoisotopic (exact) mass is 377 g/mol. The van der Waals surface area contributed by atoms with Crippen molar-refractivity contribution in [1.29, 1.82) is 0 Å². The van der Waals surface area contributed by atoms with Crippen molar-refractivity contribution in [2.45, 2.75) is 19.4 Å². The van der Waals surface area contributed by atoms with Gasteiger partial charge in [-0.05, 0) is 36.2 Å². The molecular weight excluding hydrogens is 357 g/mol. The molecule has 1 amide bonds. The maximum absolute atomic E-state index is 12.9. The lowest BCUT2D eigenvalue weighted by atomic mass is 10.0. The first-order valence-electron chi connectivity index (χ1n) is 8.92. The summed E-state index contributed by atoms with van der Waals surface area (Å²) in [6.07, 6.45) is -0.991. The fraction of sp³-hybridized carbons (Fsp3) is 0.130. The second-order valence-corrected chi connectivity index (χ2v) is 6.34. The molecule has 142 valence electrons. The molecule has 0 aliphatic heterocycles. The Morgan fingerprint density at radius 2 is 1.57 bits per heavy atom. The maximum Gasteiger partial charge on any atom is 0.311 e. The minimum Gasteiger partial charge on any atom is -0.452 e. The smallest absolute Gasteiger partial charge is 0.311 e. The van der Waals surface area contributed by atoms with Crippen LogP contribution in [0.15, 0.2) is 78.9 Å². The number of carbonyl (C=O) groups is 2. The van der Waals surface area contributed by atoms with Gasteiger partial charge in [-0.15, -0.1) is 0 Å². The third-order valence-corrected chi connectivity index (χ3v) is 4.21. The number of para-hydroxylation sites is 1. The van der Waals surface area contributed by atoms with Gasteiger partial charge >= 0.3 is 5.97 Å². The molecule has 0 aromatic heterocycles. The van der Waals surface area contributed by atoms with Crippen LogP contribution in [-0.2, 0) is 20.7 Å². The molecule has 0 heterocycles. The standard InChI is InChI=1S/C23H20FNO3/c1-16(28-22(26)15-17-11-13-19(24)14-12-17)23(27)25-21-10-6-5-9-20(21)18-7-3-2-4-8-18/h2-14,16H,15H2,1H3,(H,25,27)/t16-/m0/s1. The van der Waals surface area contributed by atoms with E-state index in [0.29, 0.717) is 11.3 Å². The number of carbonyl (C=O) groups excluding carboxylic acids is 2. The van der Waals surface area contributed by atoms with Crippen LogP contribution in [0.5, 0.6) is 0 Å². The largest absolute Gasteiger partial charge is 0.452 e. The van der Waals surface area contributed by atoms with Crippen molar-refractivity contribution in [3.05, 3.63) is 90.2 Å². The number of nitrogens with one attached hydrogen (secondary N) is 1. The molecule has 0 saturated carbocycles. The molecule has 3 rings (SSSR count). The van der Waals surface area contributed by atoms with Gasteiger partial charge in [-0.2, -0.15) is 0 Å². The summed E-state index contributed by atoms with van der Waals surface area (Å²) < 4.78 is 18.2. The van der Waals surface area contributed by atoms with Crippen LogP contribution in [0.3, 0.4) is 0 Å². The number of anilines is 1. The number of amides is 1. The van der Waals surface area contributed by atoms with E-state index < -0.39 is 18.0 Å². The quantitative estimate of drug-likeness (QED) is 0.639. The van der Waals surface area contributed by atoms with Gasteiger partial charge in [0.2, 0.25) is 0 Å². The SMILES string of the molecule is C[C@H](OC(=O)Cc1ccc(F)cc1)C(=O)Nc1ccccc1-c1ccccc1. The van der Waals surface area contributed by atoms with Crippen LogP contribution in [0.1, 0.15) is 12.5 Å².